The highest BCUT2D eigenvalue weighted by Crippen LogP contribution is 2.30. The number of aliphatic imine (C=N–C) groups is 1. The van der Waals surface area contributed by atoms with Crippen molar-refractivity contribution in [3.8, 4) is 0 Å². The highest BCUT2D eigenvalue weighted by molar-refractivity contribution is 14.0. The summed E-state index contributed by atoms with van der Waals surface area (Å²) in [5, 5.41) is 7.71. The lowest BCUT2D eigenvalue weighted by atomic mass is 10.4. The van der Waals surface area contributed by atoms with Crippen molar-refractivity contribution < 1.29 is 13.2 Å². The van der Waals surface area contributed by atoms with Gasteiger partial charge in [0.05, 0.1) is 6.54 Å². The second-order valence-corrected chi connectivity index (χ2v) is 6.55. The van der Waals surface area contributed by atoms with Crippen molar-refractivity contribution in [1.29, 1.82) is 0 Å². The molecule has 144 valence electrons. The lowest BCUT2D eigenvalue weighted by Gasteiger charge is -2.20. The van der Waals surface area contributed by atoms with Gasteiger partial charge in [-0.25, -0.2) is 9.98 Å². The number of nitrogens with zero attached hydrogens (tertiary/aromatic N) is 3. The van der Waals surface area contributed by atoms with E-state index < -0.39 is 11.9 Å². The Hall–Kier alpha value is -0.620. The van der Waals surface area contributed by atoms with Crippen molar-refractivity contribution >= 4 is 41.3 Å². The maximum Gasteiger partial charge on any atom is 0.434 e. The van der Waals surface area contributed by atoms with Crippen LogP contribution in [0, 0.1) is 0 Å². The molecule has 0 unspecified atom stereocenters. The van der Waals surface area contributed by atoms with Crippen LogP contribution in [0.2, 0.25) is 0 Å². The van der Waals surface area contributed by atoms with Crippen molar-refractivity contribution in [3.05, 3.63) is 16.1 Å². The van der Waals surface area contributed by atoms with Gasteiger partial charge in [0, 0.05) is 31.1 Å². The summed E-state index contributed by atoms with van der Waals surface area (Å²) in [4.78, 5) is 10.3. The van der Waals surface area contributed by atoms with Crippen LogP contribution < -0.4 is 10.6 Å². The minimum Gasteiger partial charge on any atom is -0.357 e. The Morgan fingerprint density at radius 1 is 1.36 bits per heavy atom. The van der Waals surface area contributed by atoms with Crippen molar-refractivity contribution in [1.82, 2.24) is 20.5 Å². The van der Waals surface area contributed by atoms with Crippen LogP contribution in [0.5, 0.6) is 0 Å². The van der Waals surface area contributed by atoms with Crippen LogP contribution in [0.3, 0.4) is 0 Å². The van der Waals surface area contributed by atoms with Crippen molar-refractivity contribution in [2.45, 2.75) is 45.5 Å². The third kappa shape index (κ3) is 7.65. The molecular formula is C15H25F3IN5S. The van der Waals surface area contributed by atoms with E-state index in [1.807, 2.05) is 6.92 Å². The van der Waals surface area contributed by atoms with Gasteiger partial charge in [-0.3, -0.25) is 4.90 Å². The van der Waals surface area contributed by atoms with E-state index >= 15 is 0 Å². The van der Waals surface area contributed by atoms with E-state index in [1.165, 1.54) is 12.8 Å². The smallest absolute Gasteiger partial charge is 0.357 e. The molecule has 1 aromatic heterocycles. The Bertz CT molecular complexity index is 546. The average molecular weight is 491 g/mol. The fourth-order valence-electron chi connectivity index (χ4n) is 2.36. The summed E-state index contributed by atoms with van der Waals surface area (Å²) in [5.41, 5.74) is -0.848. The summed E-state index contributed by atoms with van der Waals surface area (Å²) >= 11 is 0.979. The molecule has 1 fully saturated rings. The van der Waals surface area contributed by atoms with Crippen LogP contribution in [-0.4, -0.2) is 48.1 Å². The summed E-state index contributed by atoms with van der Waals surface area (Å²) in [6.07, 6.45) is -1.85. The highest BCUT2D eigenvalue weighted by Gasteiger charge is 2.33. The lowest BCUT2D eigenvalue weighted by molar-refractivity contribution is -0.140. The average Bonchev–Trinajstić information content (AvgIpc) is 3.24. The Balaban J connectivity index is 0.00000312. The van der Waals surface area contributed by atoms with E-state index in [0.29, 0.717) is 23.6 Å². The second kappa shape index (κ2) is 10.5. The molecule has 0 amide bonds. The molecule has 0 atom stereocenters. The summed E-state index contributed by atoms with van der Waals surface area (Å²) in [6.45, 7) is 7.64. The number of thiazole rings is 1. The van der Waals surface area contributed by atoms with Gasteiger partial charge in [-0.2, -0.15) is 13.2 Å². The molecule has 2 N–H and O–H groups in total. The van der Waals surface area contributed by atoms with Crippen molar-refractivity contribution in [3.63, 3.8) is 0 Å². The molecular weight excluding hydrogens is 466 g/mol. The third-order valence-corrected chi connectivity index (χ3v) is 4.55. The van der Waals surface area contributed by atoms with Gasteiger partial charge in [0.25, 0.3) is 0 Å². The van der Waals surface area contributed by atoms with Gasteiger partial charge in [-0.15, -0.1) is 35.3 Å². The Morgan fingerprint density at radius 2 is 2.08 bits per heavy atom. The molecule has 25 heavy (non-hydrogen) atoms. The molecule has 1 aromatic rings. The number of guanidine groups is 1. The molecule has 1 aliphatic carbocycles. The first kappa shape index (κ1) is 22.4. The number of likely N-dealkylation sites (N-methyl/N-ethyl adjacent to an activating group) is 1. The SMILES string of the molecule is CCNC(=NCc1nc(C(F)(F)F)cs1)NCCN(CC)C1CC1.I. The van der Waals surface area contributed by atoms with Crippen LogP contribution in [0.15, 0.2) is 10.4 Å². The van der Waals surface area contributed by atoms with E-state index in [-0.39, 0.29) is 30.5 Å². The van der Waals surface area contributed by atoms with Gasteiger partial charge in [0.1, 0.15) is 5.01 Å². The monoisotopic (exact) mass is 491 g/mol. The topological polar surface area (TPSA) is 52.6 Å². The first-order chi connectivity index (χ1) is 11.4. The van der Waals surface area contributed by atoms with Crippen LogP contribution in [0.4, 0.5) is 13.2 Å². The summed E-state index contributed by atoms with van der Waals surface area (Å²) < 4.78 is 37.6. The third-order valence-electron chi connectivity index (χ3n) is 3.72. The first-order valence-electron chi connectivity index (χ1n) is 8.21. The molecule has 0 saturated heterocycles. The van der Waals surface area contributed by atoms with Crippen molar-refractivity contribution in [2.24, 2.45) is 4.99 Å². The zero-order valence-electron chi connectivity index (χ0n) is 14.4. The van der Waals surface area contributed by atoms with Gasteiger partial charge in [-0.05, 0) is 26.3 Å². The molecule has 0 radical (unpaired) electrons. The Labute approximate surface area is 167 Å². The summed E-state index contributed by atoms with van der Waals surface area (Å²) in [7, 11) is 0. The van der Waals surface area contributed by atoms with Gasteiger partial charge in [0.2, 0.25) is 0 Å². The minimum atomic E-state index is -4.40. The van der Waals surface area contributed by atoms with Crippen LogP contribution in [0.25, 0.3) is 0 Å². The molecule has 1 aliphatic rings. The minimum absolute atomic E-state index is 0. The lowest BCUT2D eigenvalue weighted by Crippen LogP contribution is -2.42. The molecule has 0 aromatic carbocycles. The second-order valence-electron chi connectivity index (χ2n) is 5.61. The van der Waals surface area contributed by atoms with E-state index in [4.69, 9.17) is 0 Å². The van der Waals surface area contributed by atoms with Crippen LogP contribution >= 0.6 is 35.3 Å². The standard InChI is InChI=1S/C15H24F3N5S.HI/c1-3-19-14(20-7-8-23(4-2)11-5-6-11)21-9-13-22-12(10-24-13)15(16,17)18;/h10-11H,3-9H2,1-2H3,(H2,19,20,21);1H. The van der Waals surface area contributed by atoms with Gasteiger partial charge in [0.15, 0.2) is 11.7 Å². The fraction of sp³-hybridized carbons (Fsp3) is 0.733. The number of aromatic nitrogens is 1. The molecule has 1 heterocycles. The zero-order valence-corrected chi connectivity index (χ0v) is 17.5. The summed E-state index contributed by atoms with van der Waals surface area (Å²) in [6, 6.07) is 0.715. The number of rotatable bonds is 8. The van der Waals surface area contributed by atoms with Gasteiger partial charge in [-0.1, -0.05) is 6.92 Å². The maximum absolute atomic E-state index is 12.5. The quantitative estimate of drug-likeness (QED) is 0.333. The Morgan fingerprint density at radius 3 is 2.60 bits per heavy atom. The molecule has 0 aliphatic heterocycles. The normalized spacial score (nSPS) is 15.2. The number of halogens is 4. The van der Waals surface area contributed by atoms with Crippen LogP contribution in [0.1, 0.15) is 37.4 Å². The molecule has 0 spiro atoms. The van der Waals surface area contributed by atoms with E-state index in [1.54, 1.807) is 0 Å². The predicted molar refractivity (Wildman–Crippen MR) is 106 cm³/mol. The molecule has 10 heteroatoms. The fourth-order valence-corrected chi connectivity index (χ4v) is 3.08. The van der Waals surface area contributed by atoms with E-state index in [2.05, 4.69) is 32.4 Å². The first-order valence-corrected chi connectivity index (χ1v) is 9.09. The maximum atomic E-state index is 12.5. The highest BCUT2D eigenvalue weighted by atomic mass is 127. The van der Waals surface area contributed by atoms with Crippen LogP contribution in [-0.2, 0) is 12.7 Å². The molecule has 1 saturated carbocycles. The Kier molecular flexibility index (Phi) is 9.43. The zero-order chi connectivity index (χ0) is 17.6. The van der Waals surface area contributed by atoms with Gasteiger partial charge < -0.3 is 10.6 Å². The van der Waals surface area contributed by atoms with Gasteiger partial charge >= 0.3 is 6.18 Å². The summed E-state index contributed by atoms with van der Waals surface area (Å²) in [5.74, 6) is 0.605. The van der Waals surface area contributed by atoms with E-state index in [9.17, 15) is 13.2 Å². The number of nitrogens with one attached hydrogen (secondary N) is 2. The van der Waals surface area contributed by atoms with Crippen molar-refractivity contribution in [2.75, 3.05) is 26.2 Å². The number of alkyl halides is 3. The predicted octanol–water partition coefficient (Wildman–Crippen LogP) is 3.32. The number of hydrogen-bond acceptors (Lipinski definition) is 4. The molecule has 5 nitrogen and oxygen atoms in total. The molecule has 0 bridgehead atoms. The molecule has 2 rings (SSSR count). The number of hydrogen-bond donors (Lipinski definition) is 2. The van der Waals surface area contributed by atoms with E-state index in [0.717, 1.165) is 36.4 Å². The largest absolute Gasteiger partial charge is 0.434 e.